The Bertz CT molecular complexity index is 313. The Balaban J connectivity index is 1.84. The van der Waals surface area contributed by atoms with Crippen LogP contribution in [0.5, 0.6) is 5.75 Å². The highest BCUT2D eigenvalue weighted by Crippen LogP contribution is 2.22. The van der Waals surface area contributed by atoms with E-state index < -0.39 is 0 Å². The molecule has 1 aliphatic rings. The monoisotopic (exact) mass is 224 g/mol. The van der Waals surface area contributed by atoms with Gasteiger partial charge in [0.25, 0.3) is 0 Å². The first kappa shape index (κ1) is 10.8. The Kier molecular flexibility index (Phi) is 3.88. The van der Waals surface area contributed by atoms with Gasteiger partial charge in [-0.15, -0.1) is 0 Å². The van der Waals surface area contributed by atoms with Gasteiger partial charge in [-0.3, -0.25) is 0 Å². The van der Waals surface area contributed by atoms with Crippen molar-refractivity contribution in [2.24, 2.45) is 0 Å². The maximum atomic E-state index is 5.69. The van der Waals surface area contributed by atoms with Gasteiger partial charge < -0.3 is 9.50 Å². The minimum Gasteiger partial charge on any atom is -0.409 e. The van der Waals surface area contributed by atoms with Crippen molar-refractivity contribution in [1.29, 1.82) is 0 Å². The average molecular weight is 224 g/mol. The Morgan fingerprint density at radius 3 is 2.73 bits per heavy atom. The first-order valence-electron chi connectivity index (χ1n) is 5.22. The molecule has 0 radical (unpaired) electrons. The fourth-order valence-corrected chi connectivity index (χ4v) is 2.17. The number of aryl methyl sites for hydroxylation is 1. The molecule has 1 aromatic rings. The normalized spacial score (nSPS) is 17.7. The van der Waals surface area contributed by atoms with E-state index in [1.165, 1.54) is 17.8 Å². The molecule has 0 aromatic heterocycles. The summed E-state index contributed by atoms with van der Waals surface area (Å²) >= 11 is 1.46. The number of piperazine rings is 1. The van der Waals surface area contributed by atoms with Gasteiger partial charge in [0, 0.05) is 26.2 Å². The second-order valence-electron chi connectivity index (χ2n) is 3.60. The summed E-state index contributed by atoms with van der Waals surface area (Å²) in [4.78, 5) is 0. The highest BCUT2D eigenvalue weighted by atomic mass is 32.2. The zero-order chi connectivity index (χ0) is 10.5. The topological polar surface area (TPSA) is 24.5 Å². The van der Waals surface area contributed by atoms with E-state index in [4.69, 9.17) is 4.18 Å². The fraction of sp³-hybridized carbons (Fsp3) is 0.455. The largest absolute Gasteiger partial charge is 0.409 e. The maximum absolute atomic E-state index is 5.69. The molecule has 1 heterocycles. The summed E-state index contributed by atoms with van der Waals surface area (Å²) in [6.45, 7) is 6.23. The van der Waals surface area contributed by atoms with Crippen LogP contribution >= 0.6 is 12.2 Å². The van der Waals surface area contributed by atoms with Crippen molar-refractivity contribution in [2.45, 2.75) is 6.92 Å². The lowest BCUT2D eigenvalue weighted by molar-refractivity contribution is 0.379. The summed E-state index contributed by atoms with van der Waals surface area (Å²) < 4.78 is 7.93. The second kappa shape index (κ2) is 5.39. The standard InChI is InChI=1S/C11H16N2OS/c1-10-4-2-3-5-11(10)14-15-13-8-6-12-7-9-13/h2-5,12H,6-9H2,1H3. The van der Waals surface area contributed by atoms with Crippen molar-refractivity contribution >= 4 is 12.2 Å². The molecule has 0 bridgehead atoms. The van der Waals surface area contributed by atoms with Crippen LogP contribution in [0.4, 0.5) is 0 Å². The van der Waals surface area contributed by atoms with Crippen LogP contribution in [-0.4, -0.2) is 30.5 Å². The van der Waals surface area contributed by atoms with Gasteiger partial charge in [-0.1, -0.05) is 18.2 Å². The summed E-state index contributed by atoms with van der Waals surface area (Å²) in [6.07, 6.45) is 0. The molecule has 0 unspecified atom stereocenters. The lowest BCUT2D eigenvalue weighted by atomic mass is 10.2. The first-order valence-corrected chi connectivity index (χ1v) is 5.92. The molecular formula is C11H16N2OS. The van der Waals surface area contributed by atoms with E-state index in [1.807, 2.05) is 18.2 Å². The van der Waals surface area contributed by atoms with Crippen LogP contribution in [-0.2, 0) is 0 Å². The number of hydrogen-bond acceptors (Lipinski definition) is 4. The highest BCUT2D eigenvalue weighted by Gasteiger charge is 2.11. The Morgan fingerprint density at radius 1 is 1.27 bits per heavy atom. The number of para-hydroxylation sites is 1. The van der Waals surface area contributed by atoms with Crippen molar-refractivity contribution in [3.05, 3.63) is 29.8 Å². The van der Waals surface area contributed by atoms with Gasteiger partial charge in [0.05, 0.1) is 0 Å². The van der Waals surface area contributed by atoms with Crippen molar-refractivity contribution in [1.82, 2.24) is 9.62 Å². The fourth-order valence-electron chi connectivity index (χ4n) is 1.46. The Hall–Kier alpha value is -0.710. The molecular weight excluding hydrogens is 208 g/mol. The van der Waals surface area contributed by atoms with E-state index in [-0.39, 0.29) is 0 Å². The van der Waals surface area contributed by atoms with E-state index in [0.29, 0.717) is 0 Å². The molecule has 15 heavy (non-hydrogen) atoms. The predicted octanol–water partition coefficient (Wildman–Crippen LogP) is 1.84. The summed E-state index contributed by atoms with van der Waals surface area (Å²) in [7, 11) is 0. The zero-order valence-electron chi connectivity index (χ0n) is 8.90. The summed E-state index contributed by atoms with van der Waals surface area (Å²) in [5.41, 5.74) is 1.18. The van der Waals surface area contributed by atoms with Crippen LogP contribution in [0.15, 0.2) is 24.3 Å². The van der Waals surface area contributed by atoms with E-state index in [2.05, 4.69) is 22.6 Å². The second-order valence-corrected chi connectivity index (χ2v) is 4.43. The number of nitrogens with one attached hydrogen (secondary N) is 1. The zero-order valence-corrected chi connectivity index (χ0v) is 9.72. The molecule has 1 aliphatic heterocycles. The molecule has 82 valence electrons. The third kappa shape index (κ3) is 3.12. The molecule has 1 N–H and O–H groups in total. The van der Waals surface area contributed by atoms with Crippen molar-refractivity contribution in [3.8, 4) is 5.75 Å². The minimum atomic E-state index is 0.959. The van der Waals surface area contributed by atoms with Gasteiger partial charge in [-0.2, -0.15) is 0 Å². The molecule has 1 saturated heterocycles. The van der Waals surface area contributed by atoms with Gasteiger partial charge in [-0.25, -0.2) is 4.31 Å². The van der Waals surface area contributed by atoms with Crippen LogP contribution < -0.4 is 9.50 Å². The van der Waals surface area contributed by atoms with Crippen LogP contribution in [0.3, 0.4) is 0 Å². The number of nitrogens with zero attached hydrogens (tertiary/aromatic N) is 1. The van der Waals surface area contributed by atoms with E-state index in [9.17, 15) is 0 Å². The highest BCUT2D eigenvalue weighted by molar-refractivity contribution is 7.92. The summed E-state index contributed by atoms with van der Waals surface area (Å²) in [6, 6.07) is 8.09. The molecule has 1 aromatic carbocycles. The van der Waals surface area contributed by atoms with Gasteiger partial charge in [-0.05, 0) is 18.6 Å². The molecule has 3 nitrogen and oxygen atoms in total. The minimum absolute atomic E-state index is 0.959. The van der Waals surface area contributed by atoms with Gasteiger partial charge >= 0.3 is 0 Å². The molecule has 2 rings (SSSR count). The van der Waals surface area contributed by atoms with Crippen LogP contribution in [0.25, 0.3) is 0 Å². The van der Waals surface area contributed by atoms with Gasteiger partial charge in [0.1, 0.15) is 18.0 Å². The third-order valence-corrected chi connectivity index (χ3v) is 3.23. The SMILES string of the molecule is Cc1ccccc1OSN1CCNCC1. The lowest BCUT2D eigenvalue weighted by Gasteiger charge is -2.24. The van der Waals surface area contributed by atoms with Crippen molar-refractivity contribution < 1.29 is 4.18 Å². The van der Waals surface area contributed by atoms with E-state index in [1.54, 1.807) is 0 Å². The van der Waals surface area contributed by atoms with Gasteiger partial charge in [0.2, 0.25) is 0 Å². The summed E-state index contributed by atoms with van der Waals surface area (Å²) in [5.74, 6) is 0.959. The molecule has 1 fully saturated rings. The number of hydrogen-bond donors (Lipinski definition) is 1. The Labute approximate surface area is 95.1 Å². The quantitative estimate of drug-likeness (QED) is 0.625. The van der Waals surface area contributed by atoms with Gasteiger partial charge in [0.15, 0.2) is 0 Å². The van der Waals surface area contributed by atoms with Crippen LogP contribution in [0.2, 0.25) is 0 Å². The Morgan fingerprint density at radius 2 is 2.00 bits per heavy atom. The lowest BCUT2D eigenvalue weighted by Crippen LogP contribution is -2.40. The average Bonchev–Trinajstić information content (AvgIpc) is 2.29. The molecule has 0 aliphatic carbocycles. The van der Waals surface area contributed by atoms with Crippen molar-refractivity contribution in [2.75, 3.05) is 26.2 Å². The third-order valence-electron chi connectivity index (χ3n) is 2.40. The number of rotatable bonds is 3. The molecule has 0 saturated carbocycles. The van der Waals surface area contributed by atoms with E-state index >= 15 is 0 Å². The maximum Gasteiger partial charge on any atom is 0.146 e. The predicted molar refractivity (Wildman–Crippen MR) is 63.8 cm³/mol. The number of benzene rings is 1. The van der Waals surface area contributed by atoms with Crippen LogP contribution in [0.1, 0.15) is 5.56 Å². The first-order chi connectivity index (χ1) is 7.36. The van der Waals surface area contributed by atoms with Crippen molar-refractivity contribution in [3.63, 3.8) is 0 Å². The molecule has 4 heteroatoms. The molecule has 0 spiro atoms. The summed E-state index contributed by atoms with van der Waals surface area (Å²) in [5, 5.41) is 3.31. The molecule has 0 amide bonds. The van der Waals surface area contributed by atoms with E-state index in [0.717, 1.165) is 31.9 Å². The van der Waals surface area contributed by atoms with Crippen LogP contribution in [0, 0.1) is 6.92 Å². The smallest absolute Gasteiger partial charge is 0.146 e. The molecule has 0 atom stereocenters.